The number of carbonyl (C=O) groups is 2. The number of esters is 1. The zero-order valence-corrected chi connectivity index (χ0v) is 18.5. The van der Waals surface area contributed by atoms with Gasteiger partial charge in [-0.2, -0.15) is 26.3 Å². The van der Waals surface area contributed by atoms with Crippen LogP contribution >= 0.6 is 0 Å². The van der Waals surface area contributed by atoms with Gasteiger partial charge >= 0.3 is 24.4 Å². The molecule has 0 spiro atoms. The van der Waals surface area contributed by atoms with Crippen LogP contribution in [0.1, 0.15) is 29.7 Å². The quantitative estimate of drug-likeness (QED) is 0.429. The first kappa shape index (κ1) is 25.9. The van der Waals surface area contributed by atoms with Gasteiger partial charge in [-0.15, -0.1) is 0 Å². The molecule has 1 N–H and O–H groups in total. The average molecular weight is 502 g/mol. The second-order valence-electron chi connectivity index (χ2n) is 7.42. The number of benzene rings is 2. The zero-order valence-electron chi connectivity index (χ0n) is 18.5. The van der Waals surface area contributed by atoms with E-state index in [1.807, 2.05) is 0 Å². The molecule has 1 aliphatic heterocycles. The van der Waals surface area contributed by atoms with E-state index in [1.54, 1.807) is 0 Å². The maximum absolute atomic E-state index is 13.7. The molecule has 6 nitrogen and oxygen atoms in total. The Balaban J connectivity index is 2.10. The predicted octanol–water partition coefficient (Wildman–Crippen LogP) is 5.32. The Bertz CT molecular complexity index is 1140. The van der Waals surface area contributed by atoms with Gasteiger partial charge in [0.25, 0.3) is 0 Å². The molecule has 188 valence electrons. The maximum atomic E-state index is 13.7. The number of rotatable bonds is 6. The number of alkyl halides is 6. The minimum absolute atomic E-state index is 0.116. The van der Waals surface area contributed by atoms with E-state index >= 15 is 0 Å². The average Bonchev–Trinajstić information content (AvgIpc) is 2.79. The smallest absolute Gasteiger partial charge is 0.416 e. The van der Waals surface area contributed by atoms with Crippen LogP contribution in [-0.4, -0.2) is 37.2 Å². The first-order valence-corrected chi connectivity index (χ1v) is 10.2. The number of halogens is 6. The van der Waals surface area contributed by atoms with Crippen LogP contribution in [0.15, 0.2) is 59.8 Å². The Labute approximate surface area is 196 Å². The van der Waals surface area contributed by atoms with Gasteiger partial charge in [-0.3, -0.25) is 4.90 Å². The number of amides is 2. The van der Waals surface area contributed by atoms with Crippen molar-refractivity contribution in [2.45, 2.75) is 25.3 Å². The summed E-state index contributed by atoms with van der Waals surface area (Å²) in [6.07, 6.45) is -9.43. The standard InChI is InChI=1S/C23H20F6N2O4/c1-3-34-20(32)18-17(12-35-14-8-6-7-13(11-14)22(24,25)26)31(2)21(33)30-19(18)15-9-4-5-10-16(15)23(27,28)29/h4-11,19H,3,12H2,1-2H3,(H,30,33)/t19-/m1/s1. The highest BCUT2D eigenvalue weighted by molar-refractivity contribution is 5.95. The normalized spacial score (nSPS) is 16.7. The van der Waals surface area contributed by atoms with E-state index in [-0.39, 0.29) is 23.6 Å². The minimum atomic E-state index is -4.79. The van der Waals surface area contributed by atoms with E-state index in [0.717, 1.165) is 41.3 Å². The van der Waals surface area contributed by atoms with Crippen molar-refractivity contribution in [3.8, 4) is 5.75 Å². The second kappa shape index (κ2) is 9.88. The molecule has 0 bridgehead atoms. The third-order valence-electron chi connectivity index (χ3n) is 5.19. The fourth-order valence-corrected chi connectivity index (χ4v) is 3.54. The molecule has 0 unspecified atom stereocenters. The van der Waals surface area contributed by atoms with Gasteiger partial charge in [-0.1, -0.05) is 24.3 Å². The van der Waals surface area contributed by atoms with Crippen molar-refractivity contribution in [2.75, 3.05) is 20.3 Å². The van der Waals surface area contributed by atoms with Crippen molar-refractivity contribution in [1.29, 1.82) is 0 Å². The molecule has 0 saturated carbocycles. The molecule has 0 fully saturated rings. The van der Waals surface area contributed by atoms with Crippen LogP contribution < -0.4 is 10.1 Å². The zero-order chi connectivity index (χ0) is 26.0. The number of carbonyl (C=O) groups excluding carboxylic acids is 2. The van der Waals surface area contributed by atoms with E-state index in [9.17, 15) is 35.9 Å². The number of ether oxygens (including phenoxy) is 2. The van der Waals surface area contributed by atoms with Gasteiger partial charge in [0.1, 0.15) is 12.4 Å². The van der Waals surface area contributed by atoms with Crippen molar-refractivity contribution in [3.63, 3.8) is 0 Å². The number of hydrogen-bond donors (Lipinski definition) is 1. The number of likely N-dealkylation sites (N-methyl/N-ethyl adjacent to an activating group) is 1. The van der Waals surface area contributed by atoms with Crippen molar-refractivity contribution >= 4 is 12.0 Å². The number of hydrogen-bond acceptors (Lipinski definition) is 4. The van der Waals surface area contributed by atoms with Gasteiger partial charge in [0.2, 0.25) is 0 Å². The molecule has 0 saturated heterocycles. The van der Waals surface area contributed by atoms with Gasteiger partial charge in [-0.05, 0) is 36.8 Å². The number of nitrogens with zero attached hydrogens (tertiary/aromatic N) is 1. The molecule has 12 heteroatoms. The highest BCUT2D eigenvalue weighted by Crippen LogP contribution is 2.39. The van der Waals surface area contributed by atoms with Crippen molar-refractivity contribution in [2.24, 2.45) is 0 Å². The fourth-order valence-electron chi connectivity index (χ4n) is 3.54. The van der Waals surface area contributed by atoms with Crippen LogP contribution in [0.2, 0.25) is 0 Å². The molecule has 0 aliphatic carbocycles. The Morgan fingerprint density at radius 2 is 1.71 bits per heavy atom. The summed E-state index contributed by atoms with van der Waals surface area (Å²) in [6, 6.07) is 5.91. The molecular weight excluding hydrogens is 482 g/mol. The van der Waals surface area contributed by atoms with Gasteiger partial charge in [0, 0.05) is 7.05 Å². The van der Waals surface area contributed by atoms with E-state index in [1.165, 1.54) is 26.1 Å². The molecule has 0 aromatic heterocycles. The van der Waals surface area contributed by atoms with Crippen LogP contribution in [-0.2, 0) is 21.9 Å². The summed E-state index contributed by atoms with van der Waals surface area (Å²) in [6.45, 7) is 0.778. The van der Waals surface area contributed by atoms with Crippen LogP contribution in [0.4, 0.5) is 31.1 Å². The Morgan fingerprint density at radius 1 is 1.03 bits per heavy atom. The molecule has 1 atom stereocenters. The lowest BCUT2D eigenvalue weighted by Crippen LogP contribution is -2.48. The van der Waals surface area contributed by atoms with E-state index in [4.69, 9.17) is 9.47 Å². The van der Waals surface area contributed by atoms with E-state index in [2.05, 4.69) is 5.32 Å². The Morgan fingerprint density at radius 3 is 2.34 bits per heavy atom. The summed E-state index contributed by atoms with van der Waals surface area (Å²) in [5, 5.41) is 2.37. The first-order chi connectivity index (χ1) is 16.3. The topological polar surface area (TPSA) is 67.9 Å². The molecule has 2 aromatic rings. The van der Waals surface area contributed by atoms with Crippen molar-refractivity contribution in [1.82, 2.24) is 10.2 Å². The summed E-state index contributed by atoms with van der Waals surface area (Å²) in [5.41, 5.74) is -2.96. The largest absolute Gasteiger partial charge is 0.487 e. The minimum Gasteiger partial charge on any atom is -0.487 e. The molecule has 2 amide bonds. The third-order valence-corrected chi connectivity index (χ3v) is 5.19. The lowest BCUT2D eigenvalue weighted by Gasteiger charge is -2.35. The summed E-state index contributed by atoms with van der Waals surface area (Å²) in [7, 11) is 1.24. The van der Waals surface area contributed by atoms with Crippen LogP contribution in [0.5, 0.6) is 5.75 Å². The summed E-state index contributed by atoms with van der Waals surface area (Å²) < 4.78 is 90.6. The monoisotopic (exact) mass is 502 g/mol. The lowest BCUT2D eigenvalue weighted by atomic mass is 9.91. The molecule has 2 aromatic carbocycles. The third kappa shape index (κ3) is 5.69. The van der Waals surface area contributed by atoms with E-state index in [0.29, 0.717) is 0 Å². The first-order valence-electron chi connectivity index (χ1n) is 10.2. The summed E-state index contributed by atoms with van der Waals surface area (Å²) in [5.74, 6) is -1.23. The SMILES string of the molecule is CCOC(=O)C1=C(COc2cccc(C(F)(F)F)c2)N(C)C(=O)N[C@@H]1c1ccccc1C(F)(F)F. The van der Waals surface area contributed by atoms with Crippen molar-refractivity contribution < 1.29 is 45.4 Å². The van der Waals surface area contributed by atoms with Gasteiger partial charge in [0.15, 0.2) is 0 Å². The molecule has 0 radical (unpaired) electrons. The van der Waals surface area contributed by atoms with Crippen molar-refractivity contribution in [3.05, 3.63) is 76.5 Å². The Kier molecular flexibility index (Phi) is 7.32. The van der Waals surface area contributed by atoms with Gasteiger partial charge < -0.3 is 14.8 Å². The second-order valence-corrected chi connectivity index (χ2v) is 7.42. The lowest BCUT2D eigenvalue weighted by molar-refractivity contribution is -0.141. The summed E-state index contributed by atoms with van der Waals surface area (Å²) in [4.78, 5) is 26.4. The number of urea groups is 1. The van der Waals surface area contributed by atoms with Crippen LogP contribution in [0, 0.1) is 0 Å². The van der Waals surface area contributed by atoms with Crippen LogP contribution in [0.3, 0.4) is 0 Å². The van der Waals surface area contributed by atoms with E-state index < -0.39 is 53.7 Å². The molecular formula is C23H20F6N2O4. The van der Waals surface area contributed by atoms with Gasteiger partial charge in [0.05, 0.1) is 35.0 Å². The van der Waals surface area contributed by atoms with Crippen LogP contribution in [0.25, 0.3) is 0 Å². The number of nitrogens with one attached hydrogen (secondary N) is 1. The maximum Gasteiger partial charge on any atom is 0.416 e. The molecule has 35 heavy (non-hydrogen) atoms. The summed E-state index contributed by atoms with van der Waals surface area (Å²) >= 11 is 0. The highest BCUT2D eigenvalue weighted by atomic mass is 19.4. The highest BCUT2D eigenvalue weighted by Gasteiger charge is 2.42. The molecule has 3 rings (SSSR count). The molecule has 1 heterocycles. The van der Waals surface area contributed by atoms with Gasteiger partial charge in [-0.25, -0.2) is 9.59 Å². The molecule has 1 aliphatic rings. The fraction of sp³-hybridized carbons (Fsp3) is 0.304. The predicted molar refractivity (Wildman–Crippen MR) is 111 cm³/mol. The Hall–Kier alpha value is -3.70.